The van der Waals surface area contributed by atoms with Gasteiger partial charge >= 0.3 is 5.97 Å². The summed E-state index contributed by atoms with van der Waals surface area (Å²) < 4.78 is 0. The summed E-state index contributed by atoms with van der Waals surface area (Å²) in [6.45, 7) is 3.45. The summed E-state index contributed by atoms with van der Waals surface area (Å²) in [5.41, 5.74) is 0. The van der Waals surface area contributed by atoms with Gasteiger partial charge in [-0.2, -0.15) is 11.8 Å². The fraction of sp³-hybridized carbons (Fsp3) is 0.778. The van der Waals surface area contributed by atoms with E-state index in [1.165, 1.54) is 18.9 Å². The lowest BCUT2D eigenvalue weighted by molar-refractivity contribution is -0.148. The number of carboxylic acid groups (broad SMARTS) is 1. The highest BCUT2D eigenvalue weighted by molar-refractivity contribution is 7.99. The molecule has 0 saturated carbocycles. The van der Waals surface area contributed by atoms with Crippen molar-refractivity contribution < 1.29 is 14.7 Å². The number of hydrogen-bond donors (Lipinski definition) is 1. The molecular formula is C9H17NO3S. The van der Waals surface area contributed by atoms with Crippen molar-refractivity contribution in [2.24, 2.45) is 0 Å². The molecule has 0 spiro atoms. The first kappa shape index (κ1) is 13.3. The third-order valence-electron chi connectivity index (χ3n) is 2.20. The smallest absolute Gasteiger partial charge is 0.326 e. The lowest BCUT2D eigenvalue weighted by Crippen LogP contribution is -2.40. The standard InChI is InChI=1S/C9H17NO3S/c1-6(14-4)5-8(11)10(3)7(2)9(12)13/h6-7H,5H2,1-4H3,(H,12,13). The van der Waals surface area contributed by atoms with Gasteiger partial charge in [0.2, 0.25) is 5.91 Å². The SMILES string of the molecule is CSC(C)CC(=O)N(C)C(C)C(=O)O. The molecule has 2 atom stereocenters. The summed E-state index contributed by atoms with van der Waals surface area (Å²) in [6.07, 6.45) is 2.31. The van der Waals surface area contributed by atoms with Crippen LogP contribution < -0.4 is 0 Å². The van der Waals surface area contributed by atoms with Gasteiger partial charge in [0.05, 0.1) is 0 Å². The van der Waals surface area contributed by atoms with E-state index in [4.69, 9.17) is 5.11 Å². The maximum Gasteiger partial charge on any atom is 0.326 e. The van der Waals surface area contributed by atoms with Gasteiger partial charge in [0, 0.05) is 18.7 Å². The molecule has 0 saturated heterocycles. The second-order valence-corrected chi connectivity index (χ2v) is 4.55. The minimum atomic E-state index is -0.974. The highest BCUT2D eigenvalue weighted by Crippen LogP contribution is 2.11. The van der Waals surface area contributed by atoms with Crippen LogP contribution in [0.2, 0.25) is 0 Å². The molecule has 0 radical (unpaired) electrons. The molecule has 0 aliphatic heterocycles. The molecular weight excluding hydrogens is 202 g/mol. The van der Waals surface area contributed by atoms with Crippen LogP contribution in [0.15, 0.2) is 0 Å². The van der Waals surface area contributed by atoms with Gasteiger partial charge in [0.25, 0.3) is 0 Å². The summed E-state index contributed by atoms with van der Waals surface area (Å²) in [4.78, 5) is 23.4. The number of carboxylic acids is 1. The van der Waals surface area contributed by atoms with E-state index in [2.05, 4.69) is 0 Å². The third-order valence-corrected chi connectivity index (χ3v) is 3.17. The molecule has 0 fully saturated rings. The average molecular weight is 219 g/mol. The van der Waals surface area contributed by atoms with Crippen LogP contribution in [-0.2, 0) is 9.59 Å². The number of carbonyl (C=O) groups excluding carboxylic acids is 1. The first-order valence-electron chi connectivity index (χ1n) is 4.41. The van der Waals surface area contributed by atoms with Gasteiger partial charge in [-0.15, -0.1) is 0 Å². The van der Waals surface area contributed by atoms with E-state index >= 15 is 0 Å². The Hall–Kier alpha value is -0.710. The quantitative estimate of drug-likeness (QED) is 0.751. The molecule has 0 aromatic heterocycles. The number of hydrogen-bond acceptors (Lipinski definition) is 3. The summed E-state index contributed by atoms with van der Waals surface area (Å²) in [7, 11) is 1.52. The average Bonchev–Trinajstić information content (AvgIpc) is 2.14. The molecule has 0 bridgehead atoms. The molecule has 14 heavy (non-hydrogen) atoms. The molecule has 0 aliphatic carbocycles. The largest absolute Gasteiger partial charge is 0.480 e. The van der Waals surface area contributed by atoms with Crippen molar-refractivity contribution in [2.75, 3.05) is 13.3 Å². The predicted molar refractivity (Wildman–Crippen MR) is 57.5 cm³/mol. The number of aliphatic carboxylic acids is 1. The zero-order valence-electron chi connectivity index (χ0n) is 8.98. The van der Waals surface area contributed by atoms with E-state index < -0.39 is 12.0 Å². The van der Waals surface area contributed by atoms with E-state index in [1.54, 1.807) is 11.8 Å². The monoisotopic (exact) mass is 219 g/mol. The molecule has 2 unspecified atom stereocenters. The van der Waals surface area contributed by atoms with Gasteiger partial charge in [-0.1, -0.05) is 6.92 Å². The van der Waals surface area contributed by atoms with Crippen LogP contribution in [0, 0.1) is 0 Å². The van der Waals surface area contributed by atoms with Crippen molar-refractivity contribution in [1.82, 2.24) is 4.90 Å². The van der Waals surface area contributed by atoms with Crippen LogP contribution in [0.1, 0.15) is 20.3 Å². The Balaban J connectivity index is 4.18. The Morgan fingerprint density at radius 1 is 1.43 bits per heavy atom. The Labute approximate surface area is 88.7 Å². The molecule has 0 aromatic carbocycles. The maximum atomic E-state index is 11.5. The molecule has 1 amide bonds. The van der Waals surface area contributed by atoms with Gasteiger partial charge in [-0.05, 0) is 13.2 Å². The van der Waals surface area contributed by atoms with Gasteiger partial charge in [0.1, 0.15) is 6.04 Å². The van der Waals surface area contributed by atoms with Crippen molar-refractivity contribution in [3.63, 3.8) is 0 Å². The zero-order valence-corrected chi connectivity index (χ0v) is 9.80. The number of likely N-dealkylation sites (N-methyl/N-ethyl adjacent to an activating group) is 1. The molecule has 0 heterocycles. The third kappa shape index (κ3) is 4.00. The van der Waals surface area contributed by atoms with Crippen molar-refractivity contribution >= 4 is 23.6 Å². The number of rotatable bonds is 5. The Bertz CT molecular complexity index is 220. The number of carbonyl (C=O) groups is 2. The fourth-order valence-electron chi connectivity index (χ4n) is 0.855. The second kappa shape index (κ2) is 5.90. The lowest BCUT2D eigenvalue weighted by Gasteiger charge is -2.22. The molecule has 0 rings (SSSR count). The van der Waals surface area contributed by atoms with E-state index in [-0.39, 0.29) is 11.2 Å². The van der Waals surface area contributed by atoms with Crippen molar-refractivity contribution in [2.45, 2.75) is 31.6 Å². The number of amides is 1. The molecule has 0 aromatic rings. The summed E-state index contributed by atoms with van der Waals surface area (Å²) >= 11 is 1.60. The van der Waals surface area contributed by atoms with Crippen molar-refractivity contribution in [3.05, 3.63) is 0 Å². The van der Waals surface area contributed by atoms with Crippen LogP contribution in [0.3, 0.4) is 0 Å². The molecule has 0 aliphatic rings. The molecule has 5 heteroatoms. The molecule has 4 nitrogen and oxygen atoms in total. The van der Waals surface area contributed by atoms with Crippen molar-refractivity contribution in [3.8, 4) is 0 Å². The Morgan fingerprint density at radius 2 is 1.93 bits per heavy atom. The normalized spacial score (nSPS) is 14.6. The lowest BCUT2D eigenvalue weighted by atomic mass is 10.2. The van der Waals surface area contributed by atoms with Gasteiger partial charge in [-0.3, -0.25) is 4.79 Å². The van der Waals surface area contributed by atoms with Crippen LogP contribution in [-0.4, -0.2) is 46.5 Å². The van der Waals surface area contributed by atoms with E-state index in [0.29, 0.717) is 6.42 Å². The van der Waals surface area contributed by atoms with Crippen LogP contribution >= 0.6 is 11.8 Å². The van der Waals surface area contributed by atoms with Crippen LogP contribution in [0.4, 0.5) is 0 Å². The molecule has 1 N–H and O–H groups in total. The Morgan fingerprint density at radius 3 is 2.29 bits per heavy atom. The minimum absolute atomic E-state index is 0.123. The maximum absolute atomic E-state index is 11.5. The van der Waals surface area contributed by atoms with Gasteiger partial charge < -0.3 is 10.0 Å². The van der Waals surface area contributed by atoms with Crippen molar-refractivity contribution in [1.29, 1.82) is 0 Å². The predicted octanol–water partition coefficient (Wildman–Crippen LogP) is 1.06. The summed E-state index contributed by atoms with van der Waals surface area (Å²) in [5, 5.41) is 8.92. The minimum Gasteiger partial charge on any atom is -0.480 e. The highest BCUT2D eigenvalue weighted by atomic mass is 32.2. The summed E-state index contributed by atoms with van der Waals surface area (Å²) in [6, 6.07) is -0.753. The van der Waals surface area contributed by atoms with E-state index in [1.807, 2.05) is 13.2 Å². The second-order valence-electron chi connectivity index (χ2n) is 3.27. The van der Waals surface area contributed by atoms with Crippen LogP contribution in [0.25, 0.3) is 0 Å². The van der Waals surface area contributed by atoms with E-state index in [9.17, 15) is 9.59 Å². The fourth-order valence-corrected chi connectivity index (χ4v) is 1.16. The zero-order chi connectivity index (χ0) is 11.3. The number of nitrogens with zero attached hydrogens (tertiary/aromatic N) is 1. The highest BCUT2D eigenvalue weighted by Gasteiger charge is 2.22. The number of thioether (sulfide) groups is 1. The first-order chi connectivity index (χ1) is 6.40. The first-order valence-corrected chi connectivity index (χ1v) is 5.70. The summed E-state index contributed by atoms with van der Waals surface area (Å²) in [5.74, 6) is -1.10. The van der Waals surface area contributed by atoms with Gasteiger partial charge in [-0.25, -0.2) is 4.79 Å². The Kier molecular flexibility index (Phi) is 5.60. The topological polar surface area (TPSA) is 57.6 Å². The van der Waals surface area contributed by atoms with Gasteiger partial charge in [0.15, 0.2) is 0 Å². The van der Waals surface area contributed by atoms with E-state index in [0.717, 1.165) is 0 Å². The van der Waals surface area contributed by atoms with Crippen LogP contribution in [0.5, 0.6) is 0 Å². The molecule has 82 valence electrons.